The molecular weight excluding hydrogens is 399 g/mol. The highest BCUT2D eigenvalue weighted by Crippen LogP contribution is 2.26. The number of halogens is 1. The molecule has 0 spiro atoms. The lowest BCUT2D eigenvalue weighted by Gasteiger charge is -2.19. The highest BCUT2D eigenvalue weighted by atomic mass is 32.2. The van der Waals surface area contributed by atoms with Crippen molar-refractivity contribution in [3.63, 3.8) is 0 Å². The average molecular weight is 418 g/mol. The van der Waals surface area contributed by atoms with Gasteiger partial charge in [0.05, 0.1) is 13.5 Å². The van der Waals surface area contributed by atoms with Crippen molar-refractivity contribution in [1.29, 1.82) is 0 Å². The maximum absolute atomic E-state index is 14.5. The van der Waals surface area contributed by atoms with Gasteiger partial charge in [0.2, 0.25) is 16.2 Å². The zero-order valence-corrected chi connectivity index (χ0v) is 16.7. The molecule has 9 heteroatoms. The zero-order valence-electron chi connectivity index (χ0n) is 15.9. The molecule has 2 amide bonds. The Balaban J connectivity index is 2.15. The molecule has 0 aromatic heterocycles. The smallest absolute Gasteiger partial charge is 0.267 e. The molecule has 4 bridgehead atoms. The van der Waals surface area contributed by atoms with Crippen LogP contribution >= 0.6 is 0 Å². The van der Waals surface area contributed by atoms with Crippen molar-refractivity contribution in [3.05, 3.63) is 58.9 Å². The van der Waals surface area contributed by atoms with Gasteiger partial charge >= 0.3 is 0 Å². The van der Waals surface area contributed by atoms with Crippen molar-refractivity contribution < 1.29 is 27.1 Å². The summed E-state index contributed by atoms with van der Waals surface area (Å²) in [6.07, 6.45) is -0.453. The molecule has 152 valence electrons. The Hall–Kier alpha value is -3.20. The van der Waals surface area contributed by atoms with Gasteiger partial charge in [-0.15, -0.1) is 0 Å². The van der Waals surface area contributed by atoms with Crippen LogP contribution < -0.4 is 10.1 Å². The van der Waals surface area contributed by atoms with Gasteiger partial charge < -0.3 is 15.0 Å². The van der Waals surface area contributed by atoms with Crippen LogP contribution in [-0.2, 0) is 39.3 Å². The molecule has 1 aliphatic rings. The molecule has 1 heterocycles. The summed E-state index contributed by atoms with van der Waals surface area (Å²) in [4.78, 5) is 26.2. The van der Waals surface area contributed by atoms with E-state index in [-0.39, 0.29) is 36.6 Å². The Labute approximate surface area is 168 Å². The first-order valence-electron chi connectivity index (χ1n) is 8.73. The summed E-state index contributed by atoms with van der Waals surface area (Å²) in [5.41, 5.74) is 1.66. The number of hydrogen-bond donors (Lipinski definition) is 1. The van der Waals surface area contributed by atoms with Gasteiger partial charge in [-0.3, -0.25) is 9.59 Å². The van der Waals surface area contributed by atoms with Gasteiger partial charge in [0.15, 0.2) is 11.6 Å². The van der Waals surface area contributed by atoms with Crippen LogP contribution in [0.3, 0.4) is 0 Å². The van der Waals surface area contributed by atoms with Gasteiger partial charge in [-0.25, -0.2) is 4.39 Å². The largest absolute Gasteiger partial charge is 0.493 e. The first-order chi connectivity index (χ1) is 13.8. The number of ether oxygens (including phenoxy) is 1. The number of methoxy groups -OCH3 is 1. The fraction of sp³-hybridized carbons (Fsp3) is 0.250. The van der Waals surface area contributed by atoms with Crippen LogP contribution in [-0.4, -0.2) is 44.2 Å². The Kier molecular flexibility index (Phi) is 5.97. The Morgan fingerprint density at radius 2 is 1.86 bits per heavy atom. The third-order valence-corrected chi connectivity index (χ3v) is 5.31. The Morgan fingerprint density at radius 1 is 1.10 bits per heavy atom. The molecule has 0 fully saturated rings. The van der Waals surface area contributed by atoms with Crippen LogP contribution in [0.15, 0.2) is 36.4 Å². The highest BCUT2D eigenvalue weighted by Gasteiger charge is 2.22. The molecule has 3 rings (SSSR count). The molecule has 29 heavy (non-hydrogen) atoms. The number of fused-ring (bicyclic) bond motifs is 4. The topological polar surface area (TPSA) is 92.8 Å². The normalized spacial score (nSPS) is 14.9. The van der Waals surface area contributed by atoms with Crippen LogP contribution in [0.1, 0.15) is 16.7 Å². The van der Waals surface area contributed by atoms with E-state index in [1.54, 1.807) is 31.3 Å². The summed E-state index contributed by atoms with van der Waals surface area (Å²) in [6.45, 7) is 0.276. The maximum Gasteiger partial charge on any atom is 0.267 e. The lowest BCUT2D eigenvalue weighted by atomic mass is 10.0. The van der Waals surface area contributed by atoms with E-state index in [1.807, 2.05) is 0 Å². The predicted molar refractivity (Wildman–Crippen MR) is 106 cm³/mol. The monoisotopic (exact) mass is 418 g/mol. The SMILES string of the molecule is COc1c(F)cc2cc1CC(=S(=O)=O)C(=O)Nc1cccc(c1)CN(C)C(=O)C2. The number of carbonyl (C=O) groups is 2. The number of carbonyl (C=O) groups excluding carboxylic acids is 2. The van der Waals surface area contributed by atoms with Gasteiger partial charge in [0.1, 0.15) is 4.86 Å². The van der Waals surface area contributed by atoms with E-state index >= 15 is 0 Å². The number of likely N-dealkylation sites (N-methyl/N-ethyl adjacent to an activating group) is 1. The third kappa shape index (κ3) is 4.62. The van der Waals surface area contributed by atoms with E-state index < -0.39 is 26.9 Å². The summed E-state index contributed by atoms with van der Waals surface area (Å²) in [6, 6.07) is 9.42. The van der Waals surface area contributed by atoms with Gasteiger partial charge in [-0.1, -0.05) is 18.2 Å². The number of anilines is 1. The number of rotatable bonds is 1. The van der Waals surface area contributed by atoms with Gasteiger partial charge in [0.25, 0.3) is 5.91 Å². The summed E-state index contributed by atoms with van der Waals surface area (Å²) in [5.74, 6) is -1.95. The number of benzene rings is 2. The molecular formula is C20H19FN2O5S. The quantitative estimate of drug-likeness (QED) is 0.710. The predicted octanol–water partition coefficient (Wildman–Crippen LogP) is 1.58. The molecule has 0 saturated heterocycles. The minimum atomic E-state index is -2.84. The second-order valence-corrected chi connectivity index (χ2v) is 7.65. The van der Waals surface area contributed by atoms with E-state index in [0.29, 0.717) is 11.3 Å². The van der Waals surface area contributed by atoms with Crippen molar-refractivity contribution in [2.75, 3.05) is 19.5 Å². The van der Waals surface area contributed by atoms with Crippen molar-refractivity contribution in [2.45, 2.75) is 19.4 Å². The van der Waals surface area contributed by atoms with Crippen LogP contribution in [0, 0.1) is 5.82 Å². The molecule has 1 aliphatic heterocycles. The lowest BCUT2D eigenvalue weighted by molar-refractivity contribution is -0.129. The molecule has 2 aromatic carbocycles. The summed E-state index contributed by atoms with van der Waals surface area (Å²) < 4.78 is 43.0. The van der Waals surface area contributed by atoms with Crippen molar-refractivity contribution >= 4 is 32.7 Å². The van der Waals surface area contributed by atoms with E-state index in [9.17, 15) is 22.4 Å². The van der Waals surface area contributed by atoms with Crippen LogP contribution in [0.25, 0.3) is 0 Å². The molecule has 7 nitrogen and oxygen atoms in total. The van der Waals surface area contributed by atoms with Crippen molar-refractivity contribution in [1.82, 2.24) is 4.90 Å². The summed E-state index contributed by atoms with van der Waals surface area (Å²) >= 11 is 0. The minimum Gasteiger partial charge on any atom is -0.493 e. The fourth-order valence-corrected chi connectivity index (χ4v) is 3.66. The molecule has 1 N–H and O–H groups in total. The van der Waals surface area contributed by atoms with Crippen LogP contribution in [0.4, 0.5) is 10.1 Å². The van der Waals surface area contributed by atoms with E-state index in [4.69, 9.17) is 4.74 Å². The highest BCUT2D eigenvalue weighted by molar-refractivity contribution is 7.74. The zero-order chi connectivity index (χ0) is 21.1. The van der Waals surface area contributed by atoms with Gasteiger partial charge in [-0.2, -0.15) is 8.42 Å². The second-order valence-electron chi connectivity index (χ2n) is 6.69. The number of nitrogens with one attached hydrogen (secondary N) is 1. The lowest BCUT2D eigenvalue weighted by Crippen LogP contribution is -2.29. The fourth-order valence-electron chi connectivity index (χ4n) is 3.18. The molecule has 0 unspecified atom stereocenters. The maximum atomic E-state index is 14.5. The number of hydrogen-bond acceptors (Lipinski definition) is 5. The Morgan fingerprint density at radius 3 is 2.55 bits per heavy atom. The molecule has 0 saturated carbocycles. The number of nitrogens with zero attached hydrogens (tertiary/aromatic N) is 1. The van der Waals surface area contributed by atoms with E-state index in [2.05, 4.69) is 5.32 Å². The van der Waals surface area contributed by atoms with Gasteiger partial charge in [-0.05, 0) is 29.3 Å². The van der Waals surface area contributed by atoms with Crippen molar-refractivity contribution in [2.24, 2.45) is 0 Å². The third-order valence-electron chi connectivity index (χ3n) is 4.58. The van der Waals surface area contributed by atoms with Crippen LogP contribution in [0.5, 0.6) is 5.75 Å². The number of amides is 2. The first kappa shape index (κ1) is 20.5. The summed E-state index contributed by atoms with van der Waals surface area (Å²) in [5, 5.41) is 2.55. The van der Waals surface area contributed by atoms with Crippen molar-refractivity contribution in [3.8, 4) is 5.75 Å². The molecule has 0 radical (unpaired) electrons. The molecule has 0 atom stereocenters. The summed E-state index contributed by atoms with van der Waals surface area (Å²) in [7, 11) is 0.0425. The minimum absolute atomic E-state index is 0.0773. The van der Waals surface area contributed by atoms with Gasteiger partial charge in [0, 0.05) is 31.3 Å². The standard InChI is InChI=1S/C20H19FN2O5S/c1-23-11-12-4-3-5-15(7-12)22-20(25)17(29(26)27)10-14-6-13(9-18(23)24)8-16(21)19(14)28-2/h3-8H,9-11H2,1-2H3,(H,22,25). The first-order valence-corrected chi connectivity index (χ1v) is 9.80. The van der Waals surface area contributed by atoms with E-state index in [0.717, 1.165) is 5.56 Å². The average Bonchev–Trinajstić information content (AvgIpc) is 2.65. The Bertz CT molecular complexity index is 1120. The van der Waals surface area contributed by atoms with Crippen LogP contribution in [0.2, 0.25) is 0 Å². The molecule has 2 aromatic rings. The molecule has 0 aliphatic carbocycles. The second kappa shape index (κ2) is 8.44. The van der Waals surface area contributed by atoms with E-state index in [1.165, 1.54) is 24.1 Å².